The molecule has 1 aromatic heterocycles. The number of benzene rings is 2. The first kappa shape index (κ1) is 22.8. The number of aryl methyl sites for hydroxylation is 3. The maximum absolute atomic E-state index is 6.36. The van der Waals surface area contributed by atoms with Crippen LogP contribution in [0.4, 0.5) is 0 Å². The monoisotopic (exact) mass is 470 g/mol. The van der Waals surface area contributed by atoms with Gasteiger partial charge in [-0.25, -0.2) is 4.68 Å². The van der Waals surface area contributed by atoms with Crippen molar-refractivity contribution in [1.82, 2.24) is 20.2 Å². The van der Waals surface area contributed by atoms with Gasteiger partial charge in [-0.05, 0) is 113 Å². The zero-order valence-electron chi connectivity index (χ0n) is 21.4. The molecule has 3 unspecified atom stereocenters. The maximum atomic E-state index is 6.36. The number of nitrogens with zero attached hydrogens (tertiary/aromatic N) is 4. The van der Waals surface area contributed by atoms with Gasteiger partial charge in [0.1, 0.15) is 12.4 Å². The van der Waals surface area contributed by atoms with Gasteiger partial charge in [0.05, 0.1) is 0 Å². The third kappa shape index (κ3) is 3.97. The van der Waals surface area contributed by atoms with Crippen molar-refractivity contribution in [2.45, 2.75) is 77.7 Å². The van der Waals surface area contributed by atoms with Crippen molar-refractivity contribution in [1.29, 1.82) is 0 Å². The molecule has 0 radical (unpaired) electrons. The minimum Gasteiger partial charge on any atom is -0.489 e. The summed E-state index contributed by atoms with van der Waals surface area (Å²) in [6.45, 7) is 5.49. The van der Waals surface area contributed by atoms with Crippen LogP contribution in [0, 0.1) is 23.2 Å². The largest absolute Gasteiger partial charge is 0.489 e. The molecular formula is C30H38N4O. The van der Waals surface area contributed by atoms with Crippen molar-refractivity contribution in [3.8, 4) is 5.75 Å². The van der Waals surface area contributed by atoms with Crippen LogP contribution in [-0.2, 0) is 32.9 Å². The molecule has 3 aliphatic rings. The lowest BCUT2D eigenvalue weighted by Crippen LogP contribution is -2.42. The topological polar surface area (TPSA) is 52.8 Å². The van der Waals surface area contributed by atoms with E-state index in [1.54, 1.807) is 5.56 Å². The molecule has 6 rings (SSSR count). The summed E-state index contributed by atoms with van der Waals surface area (Å²) in [4.78, 5) is 0. The number of aromatic nitrogens is 4. The number of tetrazole rings is 1. The number of hydrogen-bond donors (Lipinski definition) is 0. The SMILES string of the molecule is CCc1cc2c(cc1OCc1ccccc1)CCC1C2CC[C@@]2(C)C1CC[C@@H]2Cc1nnnn1C. The Bertz CT molecular complexity index is 1190. The van der Waals surface area contributed by atoms with Crippen molar-refractivity contribution >= 4 is 0 Å². The van der Waals surface area contributed by atoms with Crippen molar-refractivity contribution < 1.29 is 4.74 Å². The Labute approximate surface area is 209 Å². The lowest BCUT2D eigenvalue weighted by Gasteiger charge is -2.51. The van der Waals surface area contributed by atoms with Crippen LogP contribution in [0.3, 0.4) is 0 Å². The molecule has 5 atom stereocenters. The summed E-state index contributed by atoms with van der Waals surface area (Å²) >= 11 is 0. The van der Waals surface area contributed by atoms with Gasteiger partial charge >= 0.3 is 0 Å². The second kappa shape index (κ2) is 9.07. The molecule has 0 aliphatic heterocycles. The summed E-state index contributed by atoms with van der Waals surface area (Å²) in [5, 5.41) is 12.3. The molecule has 2 fully saturated rings. The van der Waals surface area contributed by atoms with Crippen LogP contribution in [0.2, 0.25) is 0 Å². The van der Waals surface area contributed by atoms with Crippen LogP contribution in [0.25, 0.3) is 0 Å². The molecule has 184 valence electrons. The molecule has 35 heavy (non-hydrogen) atoms. The number of hydrogen-bond acceptors (Lipinski definition) is 4. The molecule has 0 N–H and O–H groups in total. The maximum Gasteiger partial charge on any atom is 0.151 e. The van der Waals surface area contributed by atoms with Crippen molar-refractivity contribution in [3.05, 3.63) is 70.5 Å². The molecule has 0 amide bonds. The van der Waals surface area contributed by atoms with Gasteiger partial charge in [-0.3, -0.25) is 0 Å². The van der Waals surface area contributed by atoms with Crippen LogP contribution >= 0.6 is 0 Å². The summed E-state index contributed by atoms with van der Waals surface area (Å²) in [5.41, 5.74) is 6.18. The number of rotatable bonds is 6. The summed E-state index contributed by atoms with van der Waals surface area (Å²) in [6, 6.07) is 15.4. The van der Waals surface area contributed by atoms with Crippen LogP contribution in [0.15, 0.2) is 42.5 Å². The highest BCUT2D eigenvalue weighted by atomic mass is 16.5. The third-order valence-electron chi connectivity index (χ3n) is 9.86. The van der Waals surface area contributed by atoms with Gasteiger partial charge in [0.2, 0.25) is 0 Å². The fraction of sp³-hybridized carbons (Fsp3) is 0.567. The van der Waals surface area contributed by atoms with Gasteiger partial charge in [0, 0.05) is 13.5 Å². The zero-order chi connectivity index (χ0) is 24.0. The predicted molar refractivity (Wildman–Crippen MR) is 137 cm³/mol. The summed E-state index contributed by atoms with van der Waals surface area (Å²) in [6.07, 6.45) is 9.86. The van der Waals surface area contributed by atoms with Gasteiger partial charge in [-0.15, -0.1) is 5.10 Å². The molecule has 2 saturated carbocycles. The van der Waals surface area contributed by atoms with Crippen LogP contribution in [0.1, 0.15) is 79.9 Å². The van der Waals surface area contributed by atoms with E-state index < -0.39 is 0 Å². The van der Waals surface area contributed by atoms with Crippen molar-refractivity contribution in [3.63, 3.8) is 0 Å². The second-order valence-electron chi connectivity index (χ2n) is 11.4. The first-order valence-electron chi connectivity index (χ1n) is 13.6. The van der Waals surface area contributed by atoms with E-state index in [0.717, 1.165) is 36.3 Å². The van der Waals surface area contributed by atoms with Crippen molar-refractivity contribution in [2.75, 3.05) is 0 Å². The second-order valence-corrected chi connectivity index (χ2v) is 11.4. The van der Waals surface area contributed by atoms with E-state index in [1.807, 2.05) is 11.7 Å². The van der Waals surface area contributed by atoms with Crippen LogP contribution < -0.4 is 4.74 Å². The van der Waals surface area contributed by atoms with Gasteiger partial charge in [0.15, 0.2) is 5.82 Å². The highest BCUT2D eigenvalue weighted by Crippen LogP contribution is 2.63. The molecular weight excluding hydrogens is 432 g/mol. The van der Waals surface area contributed by atoms with Gasteiger partial charge in [-0.2, -0.15) is 0 Å². The van der Waals surface area contributed by atoms with E-state index >= 15 is 0 Å². The number of ether oxygens (including phenoxy) is 1. The minimum atomic E-state index is 0.414. The fourth-order valence-electron chi connectivity index (χ4n) is 7.88. The van der Waals surface area contributed by atoms with E-state index in [4.69, 9.17) is 4.74 Å². The standard InChI is InChI=1S/C30H38N4O/c1-4-21-16-26-22(17-28(21)35-19-20-8-6-5-7-9-20)10-12-25-24(26)14-15-30(2)23(11-13-27(25)30)18-29-31-32-33-34(29)3/h5-9,16-17,23-25,27H,4,10-15,18-19H2,1-3H3/t23-,24?,25?,27?,30-/m1/s1. The van der Waals surface area contributed by atoms with E-state index in [-0.39, 0.29) is 0 Å². The third-order valence-corrected chi connectivity index (χ3v) is 9.86. The Morgan fingerprint density at radius 2 is 1.94 bits per heavy atom. The Morgan fingerprint density at radius 3 is 2.71 bits per heavy atom. The van der Waals surface area contributed by atoms with Gasteiger partial charge in [-0.1, -0.05) is 50.2 Å². The first-order chi connectivity index (χ1) is 17.1. The molecule has 3 aliphatic carbocycles. The molecule has 5 nitrogen and oxygen atoms in total. The molecule has 0 spiro atoms. The summed E-state index contributed by atoms with van der Waals surface area (Å²) in [7, 11) is 1.97. The normalized spacial score (nSPS) is 29.3. The number of fused-ring (bicyclic) bond motifs is 5. The average molecular weight is 471 g/mol. The Morgan fingerprint density at radius 1 is 1.09 bits per heavy atom. The van der Waals surface area contributed by atoms with Crippen molar-refractivity contribution in [2.24, 2.45) is 30.2 Å². The first-order valence-corrected chi connectivity index (χ1v) is 13.6. The summed E-state index contributed by atoms with van der Waals surface area (Å²) < 4.78 is 8.22. The minimum absolute atomic E-state index is 0.414. The molecule has 1 heterocycles. The van der Waals surface area contributed by atoms with E-state index in [1.165, 1.54) is 55.2 Å². The molecule has 5 heteroatoms. The lowest BCUT2D eigenvalue weighted by atomic mass is 9.54. The lowest BCUT2D eigenvalue weighted by molar-refractivity contribution is 0.0277. The molecule has 0 bridgehead atoms. The van der Waals surface area contributed by atoms with Gasteiger partial charge in [0.25, 0.3) is 0 Å². The van der Waals surface area contributed by atoms with E-state index in [0.29, 0.717) is 23.9 Å². The van der Waals surface area contributed by atoms with Crippen LogP contribution in [0.5, 0.6) is 5.75 Å². The summed E-state index contributed by atoms with van der Waals surface area (Å²) in [5.74, 6) is 5.17. The molecule has 2 aromatic carbocycles. The van der Waals surface area contributed by atoms with Gasteiger partial charge < -0.3 is 4.74 Å². The zero-order valence-corrected chi connectivity index (χ0v) is 21.4. The highest BCUT2D eigenvalue weighted by molar-refractivity contribution is 5.46. The van der Waals surface area contributed by atoms with E-state index in [9.17, 15) is 0 Å². The highest BCUT2D eigenvalue weighted by Gasteiger charge is 2.54. The smallest absolute Gasteiger partial charge is 0.151 e. The quantitative estimate of drug-likeness (QED) is 0.439. The van der Waals surface area contributed by atoms with E-state index in [2.05, 4.69) is 71.8 Å². The average Bonchev–Trinajstić information content (AvgIpc) is 3.45. The molecule has 3 aromatic rings. The predicted octanol–water partition coefficient (Wildman–Crippen LogP) is 6.07. The molecule has 0 saturated heterocycles. The Kier molecular flexibility index (Phi) is 5.90. The van der Waals surface area contributed by atoms with Crippen LogP contribution in [-0.4, -0.2) is 20.2 Å². The Balaban J connectivity index is 1.22. The Hall–Kier alpha value is -2.69. The fourth-order valence-corrected chi connectivity index (χ4v) is 7.88.